The van der Waals surface area contributed by atoms with Crippen molar-refractivity contribution in [1.82, 2.24) is 29.0 Å². The molecule has 0 aliphatic carbocycles. The van der Waals surface area contributed by atoms with Gasteiger partial charge in [-0.1, -0.05) is 6.07 Å². The van der Waals surface area contributed by atoms with Crippen molar-refractivity contribution in [2.45, 2.75) is 10.2 Å². The van der Waals surface area contributed by atoms with Crippen molar-refractivity contribution < 1.29 is 4.92 Å². The molecule has 4 rings (SSSR count). The number of hydrogen-bond donors (Lipinski definition) is 0. The molecule has 0 fully saturated rings. The summed E-state index contributed by atoms with van der Waals surface area (Å²) in [6, 6.07) is 6.91. The highest BCUT2D eigenvalue weighted by Crippen LogP contribution is 2.33. The Bertz CT molecular complexity index is 976. The molecule has 0 aliphatic heterocycles. The second kappa shape index (κ2) is 4.77. The van der Waals surface area contributed by atoms with Crippen molar-refractivity contribution in [3.05, 3.63) is 53.0 Å². The predicted octanol–water partition coefficient (Wildman–Crippen LogP) is 1.83. The summed E-state index contributed by atoms with van der Waals surface area (Å²) >= 11 is 1.04. The van der Waals surface area contributed by atoms with Crippen LogP contribution < -0.4 is 0 Å². The van der Waals surface area contributed by atoms with Gasteiger partial charge in [-0.05, 0) is 28.8 Å². The van der Waals surface area contributed by atoms with E-state index in [1.54, 1.807) is 42.9 Å². The van der Waals surface area contributed by atoms with Crippen LogP contribution in [-0.4, -0.2) is 33.9 Å². The second-order valence-electron chi connectivity index (χ2n) is 4.29. The van der Waals surface area contributed by atoms with E-state index < -0.39 is 4.92 Å². The molecule has 108 valence electrons. The molecule has 4 aromatic rings. The minimum absolute atomic E-state index is 0.104. The summed E-state index contributed by atoms with van der Waals surface area (Å²) in [4.78, 5) is 23.4. The van der Waals surface area contributed by atoms with Gasteiger partial charge in [0.05, 0.1) is 6.20 Å². The van der Waals surface area contributed by atoms with Gasteiger partial charge in [0.15, 0.2) is 0 Å². The van der Waals surface area contributed by atoms with E-state index in [0.29, 0.717) is 16.6 Å². The van der Waals surface area contributed by atoms with Crippen molar-refractivity contribution in [1.29, 1.82) is 0 Å². The number of hydrogen-bond acceptors (Lipinski definition) is 7. The van der Waals surface area contributed by atoms with Gasteiger partial charge >= 0.3 is 5.82 Å². The third kappa shape index (κ3) is 1.97. The van der Waals surface area contributed by atoms with Crippen LogP contribution in [0.15, 0.2) is 53.0 Å². The van der Waals surface area contributed by atoms with Gasteiger partial charge in [0.1, 0.15) is 0 Å². The zero-order valence-electron chi connectivity index (χ0n) is 10.9. The Morgan fingerprint density at radius 3 is 2.91 bits per heavy atom. The Hall–Kier alpha value is -3.01. The molecule has 4 aromatic heterocycles. The molecule has 0 aliphatic rings. The molecular formula is C12H7N7O2S. The first kappa shape index (κ1) is 12.7. The van der Waals surface area contributed by atoms with Gasteiger partial charge in [-0.15, -0.1) is 5.10 Å². The molecule has 0 unspecified atom stereocenters. The Kier molecular flexibility index (Phi) is 2.76. The molecule has 0 aromatic carbocycles. The lowest BCUT2D eigenvalue weighted by Gasteiger charge is -1.95. The van der Waals surface area contributed by atoms with E-state index >= 15 is 0 Å². The van der Waals surface area contributed by atoms with Gasteiger partial charge in [-0.25, -0.2) is 9.50 Å². The van der Waals surface area contributed by atoms with Crippen LogP contribution in [0.25, 0.3) is 11.4 Å². The Morgan fingerprint density at radius 1 is 1.18 bits per heavy atom. The average molecular weight is 313 g/mol. The lowest BCUT2D eigenvalue weighted by molar-refractivity contribution is -0.393. The third-order valence-electron chi connectivity index (χ3n) is 2.93. The van der Waals surface area contributed by atoms with E-state index in [1.165, 1.54) is 8.92 Å². The topological polar surface area (TPSA) is 104 Å². The summed E-state index contributed by atoms with van der Waals surface area (Å²) in [7, 11) is 0. The van der Waals surface area contributed by atoms with E-state index in [4.69, 9.17) is 0 Å². The van der Waals surface area contributed by atoms with E-state index in [0.717, 1.165) is 11.8 Å². The zero-order valence-corrected chi connectivity index (χ0v) is 11.7. The summed E-state index contributed by atoms with van der Waals surface area (Å²) in [6.45, 7) is 0. The van der Waals surface area contributed by atoms with Crippen LogP contribution in [0.3, 0.4) is 0 Å². The van der Waals surface area contributed by atoms with Gasteiger partial charge in [0.2, 0.25) is 15.8 Å². The van der Waals surface area contributed by atoms with E-state index in [-0.39, 0.29) is 10.8 Å². The third-order valence-corrected chi connectivity index (χ3v) is 3.75. The monoisotopic (exact) mass is 313 g/mol. The highest BCUT2D eigenvalue weighted by molar-refractivity contribution is 7.99. The number of fused-ring (bicyclic) bond motifs is 2. The second-order valence-corrected chi connectivity index (χ2v) is 5.24. The van der Waals surface area contributed by atoms with Crippen molar-refractivity contribution in [2.24, 2.45) is 0 Å². The van der Waals surface area contributed by atoms with Crippen molar-refractivity contribution >= 4 is 29.0 Å². The standard InChI is InChI=1S/C12H7N7O2S/c20-19(21)10-9(14-8-4-1-2-6-17(8)10)22-12-15-11-13-5-3-7-18(11)16-12/h1-7H. The maximum absolute atomic E-state index is 11.3. The van der Waals surface area contributed by atoms with Crippen LogP contribution in [-0.2, 0) is 0 Å². The van der Waals surface area contributed by atoms with Gasteiger partial charge in [0, 0.05) is 18.5 Å². The van der Waals surface area contributed by atoms with Crippen molar-refractivity contribution in [3.63, 3.8) is 0 Å². The molecule has 0 bridgehead atoms. The van der Waals surface area contributed by atoms with Crippen LogP contribution in [0, 0.1) is 10.1 Å². The number of nitrogens with zero attached hydrogens (tertiary/aromatic N) is 7. The fourth-order valence-electron chi connectivity index (χ4n) is 2.04. The van der Waals surface area contributed by atoms with E-state index in [9.17, 15) is 10.1 Å². The molecule has 0 amide bonds. The lowest BCUT2D eigenvalue weighted by atomic mass is 10.5. The molecule has 4 heterocycles. The van der Waals surface area contributed by atoms with Crippen LogP contribution in [0.1, 0.15) is 0 Å². The number of imidazole rings is 1. The molecule has 10 heteroatoms. The first-order valence-corrected chi connectivity index (χ1v) is 7.01. The van der Waals surface area contributed by atoms with Crippen LogP contribution in [0.5, 0.6) is 0 Å². The fourth-order valence-corrected chi connectivity index (χ4v) is 2.87. The SMILES string of the molecule is O=[N+]([O-])c1c(Sc2nc3ncccn3n2)nc2ccccn12. The summed E-state index contributed by atoms with van der Waals surface area (Å²) < 4.78 is 2.93. The maximum atomic E-state index is 11.3. The largest absolute Gasteiger partial charge is 0.362 e. The van der Waals surface area contributed by atoms with Crippen LogP contribution in [0.2, 0.25) is 0 Å². The quantitative estimate of drug-likeness (QED) is 0.420. The van der Waals surface area contributed by atoms with Gasteiger partial charge in [-0.2, -0.15) is 14.4 Å². The first-order valence-electron chi connectivity index (χ1n) is 6.19. The summed E-state index contributed by atoms with van der Waals surface area (Å²) in [5.74, 6) is 0.323. The highest BCUT2D eigenvalue weighted by atomic mass is 32.2. The first-order chi connectivity index (χ1) is 10.7. The molecule has 0 N–H and O–H groups in total. The van der Waals surface area contributed by atoms with Crippen molar-refractivity contribution in [2.75, 3.05) is 0 Å². The van der Waals surface area contributed by atoms with Gasteiger partial charge in [0.25, 0.3) is 5.78 Å². The maximum Gasteiger partial charge on any atom is 0.362 e. The van der Waals surface area contributed by atoms with Gasteiger partial charge in [-0.3, -0.25) is 0 Å². The number of rotatable bonds is 3. The Balaban J connectivity index is 1.83. The normalized spacial score (nSPS) is 11.3. The Morgan fingerprint density at radius 2 is 2.09 bits per heavy atom. The molecule has 0 radical (unpaired) electrons. The zero-order chi connectivity index (χ0) is 15.1. The molecule has 22 heavy (non-hydrogen) atoms. The molecule has 0 saturated heterocycles. The smallest absolute Gasteiger partial charge is 0.358 e. The van der Waals surface area contributed by atoms with Crippen LogP contribution in [0.4, 0.5) is 5.82 Å². The minimum atomic E-state index is -0.462. The molecule has 0 spiro atoms. The van der Waals surface area contributed by atoms with E-state index in [2.05, 4.69) is 20.1 Å². The minimum Gasteiger partial charge on any atom is -0.358 e. The summed E-state index contributed by atoms with van der Waals surface area (Å²) in [5, 5.41) is 16.1. The summed E-state index contributed by atoms with van der Waals surface area (Å²) in [6.07, 6.45) is 4.91. The van der Waals surface area contributed by atoms with Crippen LogP contribution >= 0.6 is 11.8 Å². The number of pyridine rings is 1. The lowest BCUT2D eigenvalue weighted by Crippen LogP contribution is -1.94. The molecular weight excluding hydrogens is 306 g/mol. The highest BCUT2D eigenvalue weighted by Gasteiger charge is 2.24. The molecule has 9 nitrogen and oxygen atoms in total. The van der Waals surface area contributed by atoms with Crippen molar-refractivity contribution in [3.8, 4) is 0 Å². The number of nitro groups is 1. The average Bonchev–Trinajstić information content (AvgIpc) is 3.06. The fraction of sp³-hybridized carbons (Fsp3) is 0. The van der Waals surface area contributed by atoms with Gasteiger partial charge < -0.3 is 10.1 Å². The summed E-state index contributed by atoms with van der Waals surface area (Å²) in [5.41, 5.74) is 0.499. The molecule has 0 atom stereocenters. The predicted molar refractivity (Wildman–Crippen MR) is 76.8 cm³/mol. The van der Waals surface area contributed by atoms with E-state index in [1.807, 2.05) is 0 Å². The Labute approximate surface area is 126 Å². The molecule has 0 saturated carbocycles. The number of aromatic nitrogens is 6.